The van der Waals surface area contributed by atoms with Crippen molar-refractivity contribution in [3.05, 3.63) is 12.2 Å². The zero-order valence-electron chi connectivity index (χ0n) is 22.0. The maximum absolute atomic E-state index is 11.9. The molecule has 2 rings (SSSR count). The van der Waals surface area contributed by atoms with Gasteiger partial charge >= 0.3 is 5.97 Å². The van der Waals surface area contributed by atoms with Gasteiger partial charge in [0.25, 0.3) is 0 Å². The summed E-state index contributed by atoms with van der Waals surface area (Å²) < 4.78 is 0. The van der Waals surface area contributed by atoms with Crippen LogP contribution in [0, 0.1) is 23.7 Å². The Morgan fingerprint density at radius 3 is 2.15 bits per heavy atom. The highest BCUT2D eigenvalue weighted by Gasteiger charge is 2.40. The van der Waals surface area contributed by atoms with Gasteiger partial charge in [0.05, 0.1) is 17.6 Å². The number of carboxylic acid groups (broad SMARTS) is 1. The van der Waals surface area contributed by atoms with Gasteiger partial charge in [0.15, 0.2) is 0 Å². The van der Waals surface area contributed by atoms with Crippen molar-refractivity contribution in [2.24, 2.45) is 23.7 Å². The van der Waals surface area contributed by atoms with E-state index in [1.165, 1.54) is 44.9 Å². The number of hydrogen-bond acceptors (Lipinski definition) is 4. The second-order valence-corrected chi connectivity index (χ2v) is 11.3. The van der Waals surface area contributed by atoms with Crippen LogP contribution in [-0.4, -0.2) is 46.6 Å². The zero-order chi connectivity index (χ0) is 24.8. The van der Waals surface area contributed by atoms with Crippen molar-refractivity contribution in [3.8, 4) is 0 Å². The molecular formula is C29H53NO4. The Morgan fingerprint density at radius 2 is 1.62 bits per heavy atom. The van der Waals surface area contributed by atoms with Crippen molar-refractivity contribution in [3.63, 3.8) is 0 Å². The minimum Gasteiger partial charge on any atom is -0.481 e. The molecule has 0 heterocycles. The summed E-state index contributed by atoms with van der Waals surface area (Å²) in [6.07, 6.45) is 21.6. The molecule has 0 bridgehead atoms. The van der Waals surface area contributed by atoms with Crippen LogP contribution in [0.25, 0.3) is 0 Å². The summed E-state index contributed by atoms with van der Waals surface area (Å²) in [7, 11) is 1.86. The molecule has 5 nitrogen and oxygen atoms in total. The van der Waals surface area contributed by atoms with E-state index in [2.05, 4.69) is 24.4 Å². The zero-order valence-corrected chi connectivity index (χ0v) is 22.0. The maximum atomic E-state index is 11.9. The third kappa shape index (κ3) is 9.99. The van der Waals surface area contributed by atoms with Crippen LogP contribution in [0.15, 0.2) is 12.2 Å². The molecule has 5 heteroatoms. The highest BCUT2D eigenvalue weighted by atomic mass is 16.4. The first-order valence-electron chi connectivity index (χ1n) is 14.4. The van der Waals surface area contributed by atoms with Crippen LogP contribution in [0.4, 0.5) is 0 Å². The second-order valence-electron chi connectivity index (χ2n) is 11.3. The summed E-state index contributed by atoms with van der Waals surface area (Å²) in [5, 5.41) is 34.9. The van der Waals surface area contributed by atoms with E-state index in [9.17, 15) is 20.1 Å². The van der Waals surface area contributed by atoms with Crippen molar-refractivity contribution >= 4 is 5.97 Å². The van der Waals surface area contributed by atoms with Crippen molar-refractivity contribution in [2.45, 2.75) is 128 Å². The average Bonchev–Trinajstić information content (AvgIpc) is 2.82. The van der Waals surface area contributed by atoms with Gasteiger partial charge in [-0.15, -0.1) is 0 Å². The van der Waals surface area contributed by atoms with E-state index in [1.54, 1.807) is 0 Å². The van der Waals surface area contributed by atoms with Gasteiger partial charge in [-0.2, -0.15) is 0 Å². The van der Waals surface area contributed by atoms with E-state index in [0.29, 0.717) is 25.3 Å². The molecule has 34 heavy (non-hydrogen) atoms. The fourth-order valence-corrected chi connectivity index (χ4v) is 6.27. The highest BCUT2D eigenvalue weighted by Crippen LogP contribution is 2.37. The smallest absolute Gasteiger partial charge is 0.309 e. The quantitative estimate of drug-likeness (QED) is 0.150. The summed E-state index contributed by atoms with van der Waals surface area (Å²) >= 11 is 0. The highest BCUT2D eigenvalue weighted by molar-refractivity contribution is 5.70. The molecule has 1 saturated carbocycles. The summed E-state index contributed by atoms with van der Waals surface area (Å²) in [6.45, 7) is 2.86. The summed E-state index contributed by atoms with van der Waals surface area (Å²) in [5.74, 6) is -0.306. The molecule has 0 aromatic carbocycles. The Bertz CT molecular complexity index is 587. The summed E-state index contributed by atoms with van der Waals surface area (Å²) in [6, 6.07) is 0. The molecule has 0 radical (unpaired) electrons. The SMILES string of the molecule is CCCCCC1C=CC(CCCCCC(C(=O)O)C(O)CC(CNC)C2(O)CCCCC2)CC1. The number of nitrogens with one attached hydrogen (secondary N) is 1. The van der Waals surface area contributed by atoms with E-state index in [0.717, 1.165) is 57.3 Å². The van der Waals surface area contributed by atoms with E-state index in [4.69, 9.17) is 0 Å². The number of aliphatic hydroxyl groups is 2. The van der Waals surface area contributed by atoms with E-state index in [1.807, 2.05) is 7.05 Å². The maximum Gasteiger partial charge on any atom is 0.309 e. The Balaban J connectivity index is 1.72. The molecule has 0 spiro atoms. The number of aliphatic carboxylic acids is 1. The number of unbranched alkanes of at least 4 members (excludes halogenated alkanes) is 4. The molecule has 0 amide bonds. The van der Waals surface area contributed by atoms with Gasteiger partial charge in [-0.25, -0.2) is 0 Å². The van der Waals surface area contributed by atoms with Gasteiger partial charge in [-0.05, 0) is 70.3 Å². The van der Waals surface area contributed by atoms with Crippen LogP contribution >= 0.6 is 0 Å². The van der Waals surface area contributed by atoms with Crippen LogP contribution in [-0.2, 0) is 4.79 Å². The van der Waals surface area contributed by atoms with E-state index >= 15 is 0 Å². The molecule has 4 N–H and O–H groups in total. The standard InChI is InChI=1S/C29H53NO4/c1-3-4-7-12-23-15-17-24(18-16-23)13-8-5-9-14-26(28(32)33)27(31)21-25(22-30-2)29(34)19-10-6-11-20-29/h15,17,23-27,30-31,34H,3-14,16,18-22H2,1-2H3,(H,32,33). The van der Waals surface area contributed by atoms with Crippen LogP contribution < -0.4 is 5.32 Å². The Hall–Kier alpha value is -0.910. The monoisotopic (exact) mass is 479 g/mol. The van der Waals surface area contributed by atoms with Gasteiger partial charge < -0.3 is 20.6 Å². The van der Waals surface area contributed by atoms with Gasteiger partial charge in [-0.3, -0.25) is 4.79 Å². The number of hydrogen-bond donors (Lipinski definition) is 4. The lowest BCUT2D eigenvalue weighted by atomic mass is 9.72. The molecule has 2 aliphatic carbocycles. The third-order valence-corrected chi connectivity index (χ3v) is 8.57. The Kier molecular flexibility index (Phi) is 13.8. The molecule has 1 fully saturated rings. The number of aliphatic hydroxyl groups excluding tert-OH is 1. The Labute approximate surface area is 208 Å². The molecule has 5 atom stereocenters. The first-order chi connectivity index (χ1) is 16.4. The minimum absolute atomic E-state index is 0.112. The van der Waals surface area contributed by atoms with Crippen molar-refractivity contribution in [2.75, 3.05) is 13.6 Å². The van der Waals surface area contributed by atoms with E-state index < -0.39 is 23.6 Å². The van der Waals surface area contributed by atoms with Gasteiger partial charge in [-0.1, -0.05) is 76.9 Å². The normalized spacial score (nSPS) is 25.1. The van der Waals surface area contributed by atoms with Crippen LogP contribution in [0.3, 0.4) is 0 Å². The predicted molar refractivity (Wildman–Crippen MR) is 140 cm³/mol. The van der Waals surface area contributed by atoms with Crippen molar-refractivity contribution in [1.82, 2.24) is 5.32 Å². The molecule has 0 aliphatic heterocycles. The third-order valence-electron chi connectivity index (χ3n) is 8.57. The number of allylic oxidation sites excluding steroid dienone is 2. The van der Waals surface area contributed by atoms with Crippen LogP contribution in [0.1, 0.15) is 116 Å². The van der Waals surface area contributed by atoms with Crippen LogP contribution in [0.5, 0.6) is 0 Å². The number of carboxylic acids is 1. The van der Waals surface area contributed by atoms with Crippen molar-refractivity contribution < 1.29 is 20.1 Å². The molecule has 2 aliphatic rings. The topological polar surface area (TPSA) is 89.8 Å². The molecule has 0 saturated heterocycles. The first-order valence-corrected chi connectivity index (χ1v) is 14.4. The molecule has 0 aromatic heterocycles. The van der Waals surface area contributed by atoms with Gasteiger partial charge in [0.1, 0.15) is 0 Å². The lowest BCUT2D eigenvalue weighted by molar-refractivity contribution is -0.147. The lowest BCUT2D eigenvalue weighted by Gasteiger charge is -2.40. The lowest BCUT2D eigenvalue weighted by Crippen LogP contribution is -2.46. The predicted octanol–water partition coefficient (Wildman–Crippen LogP) is 6.08. The van der Waals surface area contributed by atoms with E-state index in [-0.39, 0.29) is 5.92 Å². The molecule has 198 valence electrons. The molecule has 5 unspecified atom stereocenters. The number of carbonyl (C=O) groups is 1. The largest absolute Gasteiger partial charge is 0.481 e. The fraction of sp³-hybridized carbons (Fsp3) is 0.897. The first kappa shape index (κ1) is 29.3. The number of rotatable bonds is 17. The van der Waals surface area contributed by atoms with Crippen molar-refractivity contribution in [1.29, 1.82) is 0 Å². The molecule has 0 aromatic rings. The van der Waals surface area contributed by atoms with Gasteiger partial charge in [0, 0.05) is 12.5 Å². The molecular weight excluding hydrogens is 426 g/mol. The average molecular weight is 480 g/mol. The summed E-state index contributed by atoms with van der Waals surface area (Å²) in [4.78, 5) is 11.9. The van der Waals surface area contributed by atoms with Crippen LogP contribution in [0.2, 0.25) is 0 Å². The van der Waals surface area contributed by atoms with Gasteiger partial charge in [0.2, 0.25) is 0 Å². The summed E-state index contributed by atoms with van der Waals surface area (Å²) in [5.41, 5.74) is -0.784. The Morgan fingerprint density at radius 1 is 1.00 bits per heavy atom. The second kappa shape index (κ2) is 16.0. The minimum atomic E-state index is -0.910. The fourth-order valence-electron chi connectivity index (χ4n) is 6.27.